The summed E-state index contributed by atoms with van der Waals surface area (Å²) in [5.74, 6) is -3.18. The number of likely N-dealkylation sites (tertiary alicyclic amines) is 2. The molecule has 3 fully saturated rings. The topological polar surface area (TPSA) is 111 Å². The molecule has 1 aliphatic carbocycles. The normalized spacial score (nSPS) is 20.5. The first kappa shape index (κ1) is 30.6. The van der Waals surface area contributed by atoms with Gasteiger partial charge in [-0.25, -0.2) is 4.79 Å². The van der Waals surface area contributed by atoms with Crippen LogP contribution < -0.4 is 0 Å². The molecule has 1 aromatic heterocycles. The molecule has 3 heterocycles. The molecule has 2 aromatic rings. The summed E-state index contributed by atoms with van der Waals surface area (Å²) >= 11 is 0. The second kappa shape index (κ2) is 10.7. The van der Waals surface area contributed by atoms with Gasteiger partial charge in [0, 0.05) is 37.8 Å². The Morgan fingerprint density at radius 2 is 1.67 bits per heavy atom. The molecule has 1 unspecified atom stereocenters. The molecule has 1 aromatic carbocycles. The van der Waals surface area contributed by atoms with Gasteiger partial charge in [-0.05, 0) is 52.2 Å². The Kier molecular flexibility index (Phi) is 7.58. The summed E-state index contributed by atoms with van der Waals surface area (Å²) < 4.78 is 52.9. The van der Waals surface area contributed by atoms with E-state index in [-0.39, 0.29) is 57.7 Å². The van der Waals surface area contributed by atoms with Crippen LogP contribution in [-0.2, 0) is 25.6 Å². The number of ether oxygens (including phenoxy) is 2. The SMILES string of the molecule is CCOC(=O)C1CN(C(=O)c2cnn(Cc3ccccc3C(=O)OC(C)(C)C)c2)CC12CN(C(=O)C1(C(F)(F)F)CC1)C2. The molecule has 13 heteroatoms. The molecule has 1 saturated carbocycles. The minimum absolute atomic E-state index is 0.0107. The third-order valence-electron chi connectivity index (χ3n) is 8.36. The van der Waals surface area contributed by atoms with E-state index < -0.39 is 52.3 Å². The van der Waals surface area contributed by atoms with E-state index in [1.165, 1.54) is 22.0 Å². The van der Waals surface area contributed by atoms with Crippen molar-refractivity contribution in [2.75, 3.05) is 32.8 Å². The van der Waals surface area contributed by atoms with Crippen molar-refractivity contribution in [3.63, 3.8) is 0 Å². The van der Waals surface area contributed by atoms with Crippen LogP contribution in [0.5, 0.6) is 0 Å². The second-order valence-electron chi connectivity index (χ2n) is 12.7. The van der Waals surface area contributed by atoms with Crippen molar-refractivity contribution < 1.29 is 41.8 Å². The largest absolute Gasteiger partial charge is 0.466 e. The van der Waals surface area contributed by atoms with Crippen molar-refractivity contribution in [3.05, 3.63) is 53.3 Å². The number of amides is 2. The molecule has 10 nitrogen and oxygen atoms in total. The van der Waals surface area contributed by atoms with Gasteiger partial charge < -0.3 is 19.3 Å². The van der Waals surface area contributed by atoms with E-state index in [1.807, 2.05) is 0 Å². The minimum Gasteiger partial charge on any atom is -0.466 e. The Morgan fingerprint density at radius 1 is 1.02 bits per heavy atom. The van der Waals surface area contributed by atoms with Gasteiger partial charge in [-0.3, -0.25) is 19.1 Å². The fourth-order valence-electron chi connectivity index (χ4n) is 6.02. The third kappa shape index (κ3) is 5.73. The van der Waals surface area contributed by atoms with E-state index in [4.69, 9.17) is 9.47 Å². The summed E-state index contributed by atoms with van der Waals surface area (Å²) in [7, 11) is 0. The fourth-order valence-corrected chi connectivity index (χ4v) is 6.02. The molecule has 2 saturated heterocycles. The standard InChI is InChI=1S/C30H35F3N4O6/c1-5-42-25(40)22-15-35(16-28(22)17-36(18-28)26(41)29(10-11-29)30(31,32)33)23(38)20-12-34-37(14-20)13-19-8-6-7-9-21(19)24(39)43-27(2,3)4/h6-9,12,14,22H,5,10-11,13,15-18H2,1-4H3. The summed E-state index contributed by atoms with van der Waals surface area (Å²) in [5, 5.41) is 4.29. The first-order valence-corrected chi connectivity index (χ1v) is 14.2. The van der Waals surface area contributed by atoms with Gasteiger partial charge in [0.2, 0.25) is 5.91 Å². The third-order valence-corrected chi connectivity index (χ3v) is 8.36. The van der Waals surface area contributed by atoms with Gasteiger partial charge in [-0.2, -0.15) is 18.3 Å². The molecule has 0 radical (unpaired) electrons. The highest BCUT2D eigenvalue weighted by Crippen LogP contribution is 2.60. The zero-order valence-electron chi connectivity index (χ0n) is 24.6. The Balaban J connectivity index is 1.29. The lowest BCUT2D eigenvalue weighted by molar-refractivity contribution is -0.206. The average Bonchev–Trinajstić information content (AvgIpc) is 3.44. The number of esters is 2. The van der Waals surface area contributed by atoms with E-state index in [0.29, 0.717) is 11.1 Å². The number of aromatic nitrogens is 2. The van der Waals surface area contributed by atoms with Gasteiger partial charge in [-0.15, -0.1) is 0 Å². The van der Waals surface area contributed by atoms with Crippen molar-refractivity contribution >= 4 is 23.8 Å². The number of benzene rings is 1. The van der Waals surface area contributed by atoms with Gasteiger partial charge in [0.05, 0.1) is 36.4 Å². The number of alkyl halides is 3. The van der Waals surface area contributed by atoms with Crippen LogP contribution in [0.2, 0.25) is 0 Å². The fraction of sp³-hybridized carbons (Fsp3) is 0.567. The minimum atomic E-state index is -4.63. The number of nitrogens with zero attached hydrogens (tertiary/aromatic N) is 4. The Hall–Kier alpha value is -3.90. The maximum absolute atomic E-state index is 13.6. The first-order valence-electron chi connectivity index (χ1n) is 14.2. The molecule has 2 aliphatic heterocycles. The lowest BCUT2D eigenvalue weighted by atomic mass is 9.71. The molecule has 43 heavy (non-hydrogen) atoms. The molecule has 1 spiro atoms. The van der Waals surface area contributed by atoms with Crippen molar-refractivity contribution in [3.8, 4) is 0 Å². The average molecular weight is 605 g/mol. The van der Waals surface area contributed by atoms with Gasteiger partial charge in [0.15, 0.2) is 0 Å². The molecule has 3 aliphatic rings. The number of rotatable bonds is 7. The van der Waals surface area contributed by atoms with Crippen LogP contribution in [0.3, 0.4) is 0 Å². The monoisotopic (exact) mass is 604 g/mol. The highest BCUT2D eigenvalue weighted by molar-refractivity contribution is 5.95. The summed E-state index contributed by atoms with van der Waals surface area (Å²) in [6.07, 6.45) is -2.18. The predicted molar refractivity (Wildman–Crippen MR) is 146 cm³/mol. The summed E-state index contributed by atoms with van der Waals surface area (Å²) in [5.41, 5.74) is -2.63. The molecular weight excluding hydrogens is 569 g/mol. The van der Waals surface area contributed by atoms with Crippen LogP contribution in [0.4, 0.5) is 13.2 Å². The maximum Gasteiger partial charge on any atom is 0.403 e. The highest BCUT2D eigenvalue weighted by Gasteiger charge is 2.71. The Morgan fingerprint density at radius 3 is 2.28 bits per heavy atom. The lowest BCUT2D eigenvalue weighted by Crippen LogP contribution is -2.65. The van der Waals surface area contributed by atoms with E-state index in [0.717, 1.165) is 4.90 Å². The zero-order valence-corrected chi connectivity index (χ0v) is 24.6. The zero-order chi connectivity index (χ0) is 31.4. The second-order valence-corrected chi connectivity index (χ2v) is 12.7. The van der Waals surface area contributed by atoms with Crippen LogP contribution in [0.15, 0.2) is 36.7 Å². The number of carbonyl (C=O) groups is 4. The Labute approximate surface area is 247 Å². The van der Waals surface area contributed by atoms with E-state index >= 15 is 0 Å². The van der Waals surface area contributed by atoms with Gasteiger partial charge in [0.1, 0.15) is 11.0 Å². The van der Waals surface area contributed by atoms with Gasteiger partial charge >= 0.3 is 18.1 Å². The summed E-state index contributed by atoms with van der Waals surface area (Å²) in [4.78, 5) is 54.6. The highest BCUT2D eigenvalue weighted by atomic mass is 19.4. The van der Waals surface area contributed by atoms with Crippen molar-refractivity contribution in [2.45, 2.75) is 58.9 Å². The number of hydrogen-bond donors (Lipinski definition) is 0. The quantitative estimate of drug-likeness (QED) is 0.444. The van der Waals surface area contributed by atoms with Crippen molar-refractivity contribution in [2.24, 2.45) is 16.7 Å². The Bertz CT molecular complexity index is 1440. The van der Waals surface area contributed by atoms with Crippen LogP contribution in [0.1, 0.15) is 66.8 Å². The van der Waals surface area contributed by atoms with Crippen molar-refractivity contribution in [1.82, 2.24) is 19.6 Å². The van der Waals surface area contributed by atoms with Gasteiger partial charge in [0.25, 0.3) is 5.91 Å². The molecule has 0 bridgehead atoms. The lowest BCUT2D eigenvalue weighted by Gasteiger charge is -2.51. The van der Waals surface area contributed by atoms with Crippen LogP contribution in [0, 0.1) is 16.7 Å². The first-order chi connectivity index (χ1) is 20.1. The summed E-state index contributed by atoms with van der Waals surface area (Å²) in [6.45, 7) is 7.26. The van der Waals surface area contributed by atoms with E-state index in [2.05, 4.69) is 5.10 Å². The molecule has 0 N–H and O–H groups in total. The summed E-state index contributed by atoms with van der Waals surface area (Å²) in [6, 6.07) is 6.94. The maximum atomic E-state index is 13.6. The molecule has 2 amide bonds. The molecule has 1 atom stereocenters. The van der Waals surface area contributed by atoms with E-state index in [9.17, 15) is 32.3 Å². The van der Waals surface area contributed by atoms with Crippen LogP contribution in [0.25, 0.3) is 0 Å². The molecular formula is C30H35F3N4O6. The predicted octanol–water partition coefficient (Wildman–Crippen LogP) is 3.69. The van der Waals surface area contributed by atoms with E-state index in [1.54, 1.807) is 52.0 Å². The van der Waals surface area contributed by atoms with Crippen LogP contribution >= 0.6 is 0 Å². The number of carbonyl (C=O) groups excluding carboxylic acids is 4. The van der Waals surface area contributed by atoms with Gasteiger partial charge in [-0.1, -0.05) is 18.2 Å². The number of hydrogen-bond acceptors (Lipinski definition) is 7. The smallest absolute Gasteiger partial charge is 0.403 e. The van der Waals surface area contributed by atoms with Crippen LogP contribution in [-0.4, -0.2) is 87.9 Å². The number of halogens is 3. The van der Waals surface area contributed by atoms with Crippen molar-refractivity contribution in [1.29, 1.82) is 0 Å². The molecule has 5 rings (SSSR count). The molecule has 232 valence electrons.